The SMILES string of the molecule is CC1(C)C=CC(c2ccccn2)=NC1(C#N)C#N. The lowest BCUT2D eigenvalue weighted by Crippen LogP contribution is -2.42. The average molecular weight is 236 g/mol. The fourth-order valence-electron chi connectivity index (χ4n) is 1.79. The van der Waals surface area contributed by atoms with Gasteiger partial charge in [0.2, 0.25) is 5.54 Å². The Hall–Kier alpha value is -2.46. The van der Waals surface area contributed by atoms with E-state index in [1.54, 1.807) is 12.3 Å². The molecule has 1 aliphatic heterocycles. The molecule has 4 heteroatoms. The van der Waals surface area contributed by atoms with Crippen molar-refractivity contribution < 1.29 is 0 Å². The van der Waals surface area contributed by atoms with Crippen LogP contribution in [0.4, 0.5) is 0 Å². The van der Waals surface area contributed by atoms with E-state index in [1.165, 1.54) is 0 Å². The summed E-state index contributed by atoms with van der Waals surface area (Å²) < 4.78 is 0. The van der Waals surface area contributed by atoms with Gasteiger partial charge in [-0.3, -0.25) is 4.98 Å². The predicted octanol–water partition coefficient (Wildman–Crippen LogP) is 2.25. The molecular formula is C14H12N4. The Morgan fingerprint density at radius 3 is 2.44 bits per heavy atom. The van der Waals surface area contributed by atoms with E-state index in [2.05, 4.69) is 9.98 Å². The molecule has 4 nitrogen and oxygen atoms in total. The number of allylic oxidation sites excluding steroid dienone is 1. The highest BCUT2D eigenvalue weighted by Crippen LogP contribution is 2.38. The Morgan fingerprint density at radius 1 is 1.17 bits per heavy atom. The van der Waals surface area contributed by atoms with Gasteiger partial charge in [0.25, 0.3) is 0 Å². The second kappa shape index (κ2) is 4.09. The summed E-state index contributed by atoms with van der Waals surface area (Å²) in [6.45, 7) is 3.66. The number of pyridine rings is 1. The number of nitrogens with zero attached hydrogens (tertiary/aromatic N) is 4. The van der Waals surface area contributed by atoms with Gasteiger partial charge in [0.15, 0.2) is 0 Å². The van der Waals surface area contributed by atoms with E-state index in [0.717, 1.165) is 0 Å². The van der Waals surface area contributed by atoms with Gasteiger partial charge in [-0.25, -0.2) is 4.99 Å². The summed E-state index contributed by atoms with van der Waals surface area (Å²) in [4.78, 5) is 8.50. The zero-order valence-electron chi connectivity index (χ0n) is 10.3. The van der Waals surface area contributed by atoms with E-state index in [4.69, 9.17) is 0 Å². The van der Waals surface area contributed by atoms with Crippen molar-refractivity contribution >= 4 is 5.71 Å². The van der Waals surface area contributed by atoms with Gasteiger partial charge in [0, 0.05) is 11.6 Å². The number of hydrogen-bond acceptors (Lipinski definition) is 4. The number of nitriles is 2. The third-order valence-electron chi connectivity index (χ3n) is 3.13. The van der Waals surface area contributed by atoms with Crippen LogP contribution in [0.2, 0.25) is 0 Å². The molecule has 0 saturated heterocycles. The van der Waals surface area contributed by atoms with Crippen LogP contribution in [0.5, 0.6) is 0 Å². The van der Waals surface area contributed by atoms with Crippen LogP contribution >= 0.6 is 0 Å². The van der Waals surface area contributed by atoms with Gasteiger partial charge in [-0.05, 0) is 18.2 Å². The Morgan fingerprint density at radius 2 is 1.89 bits per heavy atom. The quantitative estimate of drug-likeness (QED) is 0.750. The molecular weight excluding hydrogens is 224 g/mol. The molecule has 0 N–H and O–H groups in total. The minimum atomic E-state index is -1.39. The van der Waals surface area contributed by atoms with Crippen LogP contribution in [0.3, 0.4) is 0 Å². The van der Waals surface area contributed by atoms with Crippen molar-refractivity contribution in [3.63, 3.8) is 0 Å². The van der Waals surface area contributed by atoms with Gasteiger partial charge < -0.3 is 0 Å². The van der Waals surface area contributed by atoms with Gasteiger partial charge in [-0.15, -0.1) is 0 Å². The smallest absolute Gasteiger partial charge is 0.240 e. The van der Waals surface area contributed by atoms with Gasteiger partial charge in [-0.2, -0.15) is 10.5 Å². The Bertz CT molecular complexity index is 583. The lowest BCUT2D eigenvalue weighted by atomic mass is 9.72. The largest absolute Gasteiger partial charge is 0.255 e. The van der Waals surface area contributed by atoms with Crippen LogP contribution < -0.4 is 0 Å². The van der Waals surface area contributed by atoms with Gasteiger partial charge >= 0.3 is 0 Å². The molecule has 0 atom stereocenters. The minimum Gasteiger partial charge on any atom is -0.255 e. The maximum Gasteiger partial charge on any atom is 0.240 e. The average Bonchev–Trinajstić information content (AvgIpc) is 2.40. The first kappa shape index (κ1) is 12.0. The summed E-state index contributed by atoms with van der Waals surface area (Å²) in [6, 6.07) is 9.52. The zero-order chi connectivity index (χ0) is 13.2. The summed E-state index contributed by atoms with van der Waals surface area (Å²) in [7, 11) is 0. The molecule has 18 heavy (non-hydrogen) atoms. The van der Waals surface area contributed by atoms with E-state index < -0.39 is 11.0 Å². The maximum absolute atomic E-state index is 9.31. The topological polar surface area (TPSA) is 72.8 Å². The molecule has 0 aliphatic carbocycles. The number of aromatic nitrogens is 1. The van der Waals surface area contributed by atoms with Crippen molar-refractivity contribution in [2.24, 2.45) is 10.4 Å². The summed E-state index contributed by atoms with van der Waals surface area (Å²) in [5.74, 6) is 0. The fourth-order valence-corrected chi connectivity index (χ4v) is 1.79. The Labute approximate surface area is 106 Å². The third-order valence-corrected chi connectivity index (χ3v) is 3.13. The molecule has 0 spiro atoms. The molecule has 0 aromatic carbocycles. The van der Waals surface area contributed by atoms with Crippen molar-refractivity contribution in [1.29, 1.82) is 10.5 Å². The van der Waals surface area contributed by atoms with Crippen LogP contribution in [0, 0.1) is 28.1 Å². The molecule has 1 aromatic heterocycles. The van der Waals surface area contributed by atoms with Crippen molar-refractivity contribution in [3.8, 4) is 12.1 Å². The maximum atomic E-state index is 9.31. The normalized spacial score (nSPS) is 19.4. The number of hydrogen-bond donors (Lipinski definition) is 0. The van der Waals surface area contributed by atoms with Crippen molar-refractivity contribution in [2.75, 3.05) is 0 Å². The van der Waals surface area contributed by atoms with E-state index in [1.807, 2.05) is 50.3 Å². The lowest BCUT2D eigenvalue weighted by Gasteiger charge is -2.33. The Kier molecular flexibility index (Phi) is 2.73. The summed E-state index contributed by atoms with van der Waals surface area (Å²) in [5, 5.41) is 18.6. The predicted molar refractivity (Wildman–Crippen MR) is 67.7 cm³/mol. The molecule has 2 rings (SSSR count). The highest BCUT2D eigenvalue weighted by Gasteiger charge is 2.46. The first-order valence-electron chi connectivity index (χ1n) is 5.58. The molecule has 1 aliphatic rings. The van der Waals surface area contributed by atoms with Crippen molar-refractivity contribution in [1.82, 2.24) is 4.98 Å². The molecule has 1 aromatic rings. The van der Waals surface area contributed by atoms with E-state index >= 15 is 0 Å². The van der Waals surface area contributed by atoms with Crippen molar-refractivity contribution in [3.05, 3.63) is 42.2 Å². The molecule has 2 heterocycles. The highest BCUT2D eigenvalue weighted by molar-refractivity contribution is 6.08. The molecule has 0 bridgehead atoms. The second-order valence-electron chi connectivity index (χ2n) is 4.70. The third kappa shape index (κ3) is 1.69. The van der Waals surface area contributed by atoms with Gasteiger partial charge in [-0.1, -0.05) is 26.0 Å². The summed E-state index contributed by atoms with van der Waals surface area (Å²) >= 11 is 0. The summed E-state index contributed by atoms with van der Waals surface area (Å²) in [6.07, 6.45) is 5.32. The van der Waals surface area contributed by atoms with E-state index in [9.17, 15) is 10.5 Å². The van der Waals surface area contributed by atoms with Crippen LogP contribution in [0.25, 0.3) is 0 Å². The molecule has 0 radical (unpaired) electrons. The standard InChI is InChI=1S/C14H12N4/c1-13(2)7-6-12(11-5-3-4-8-17-11)18-14(13,9-15)10-16/h3-8H,1-2H3. The first-order chi connectivity index (χ1) is 8.54. The second-order valence-corrected chi connectivity index (χ2v) is 4.70. The lowest BCUT2D eigenvalue weighted by molar-refractivity contribution is 0.358. The highest BCUT2D eigenvalue weighted by atomic mass is 14.9. The first-order valence-corrected chi connectivity index (χ1v) is 5.58. The van der Waals surface area contributed by atoms with Gasteiger partial charge in [0.1, 0.15) is 12.1 Å². The fraction of sp³-hybridized carbons (Fsp3) is 0.286. The summed E-state index contributed by atoms with van der Waals surface area (Å²) in [5.41, 5.74) is -0.777. The van der Waals surface area contributed by atoms with Gasteiger partial charge in [0.05, 0.1) is 11.4 Å². The molecule has 0 fully saturated rings. The molecule has 0 saturated carbocycles. The molecule has 0 unspecified atom stereocenters. The zero-order valence-corrected chi connectivity index (χ0v) is 10.3. The minimum absolute atomic E-state index is 0.568. The van der Waals surface area contributed by atoms with Crippen LogP contribution in [0.1, 0.15) is 19.5 Å². The molecule has 0 amide bonds. The Balaban J connectivity index is 2.56. The molecule has 88 valence electrons. The van der Waals surface area contributed by atoms with Crippen molar-refractivity contribution in [2.45, 2.75) is 19.4 Å². The van der Waals surface area contributed by atoms with E-state index in [0.29, 0.717) is 11.4 Å². The number of dihydropyridines is 1. The number of aliphatic imine (C=N–C) groups is 1. The number of rotatable bonds is 1. The van der Waals surface area contributed by atoms with Crippen LogP contribution in [-0.4, -0.2) is 16.2 Å². The monoisotopic (exact) mass is 236 g/mol. The van der Waals surface area contributed by atoms with Crippen LogP contribution in [-0.2, 0) is 0 Å². The van der Waals surface area contributed by atoms with E-state index in [-0.39, 0.29) is 0 Å². The van der Waals surface area contributed by atoms with Crippen LogP contribution in [0.15, 0.2) is 41.5 Å².